The van der Waals surface area contributed by atoms with Crippen LogP contribution in [0.4, 0.5) is 31.1 Å². The van der Waals surface area contributed by atoms with Gasteiger partial charge in [-0.3, -0.25) is 14.5 Å². The van der Waals surface area contributed by atoms with Crippen molar-refractivity contribution in [3.05, 3.63) is 45.9 Å². The molecule has 2 amide bonds. The van der Waals surface area contributed by atoms with Crippen molar-refractivity contribution in [2.75, 3.05) is 27.2 Å². The molecule has 3 rings (SSSR count). The number of rotatable bonds is 6. The number of likely N-dealkylation sites (N-methyl/N-ethyl adjacent to an activating group) is 1. The fourth-order valence-corrected chi connectivity index (χ4v) is 5.34. The maximum atomic E-state index is 13.5. The summed E-state index contributed by atoms with van der Waals surface area (Å²) in [7, 11) is 3.29. The van der Waals surface area contributed by atoms with Gasteiger partial charge in [-0.25, -0.2) is 0 Å². The monoisotopic (exact) mass is 578 g/mol. The Morgan fingerprint density at radius 2 is 1.77 bits per heavy atom. The van der Waals surface area contributed by atoms with Crippen LogP contribution in [0.3, 0.4) is 0 Å². The molecule has 1 fully saturated rings. The standard InChI is InChI=1S/C26H32F6N4O2S/c1-15(2)24(3,22(37)35(4)5)34-21-20(39-23(38)33-21)12-16-8-10-36(11-9-16)14-17-6-7-18(25(27,28)29)13-19(17)26(30,31)32/h6-7,12-13,15-16H,8-11,14H2,1-5H3,(H,33,34,38)/b20-12-/t24-/m0/s1. The van der Waals surface area contributed by atoms with Gasteiger partial charge in [0, 0.05) is 20.6 Å². The van der Waals surface area contributed by atoms with Gasteiger partial charge in [0.1, 0.15) is 11.4 Å². The maximum absolute atomic E-state index is 13.5. The van der Waals surface area contributed by atoms with Crippen molar-refractivity contribution in [1.29, 1.82) is 0 Å². The van der Waals surface area contributed by atoms with Gasteiger partial charge >= 0.3 is 17.6 Å². The van der Waals surface area contributed by atoms with Crippen molar-refractivity contribution in [3.8, 4) is 0 Å². The number of hydrogen-bond donors (Lipinski definition) is 1. The number of allylic oxidation sites excluding steroid dienone is 1. The summed E-state index contributed by atoms with van der Waals surface area (Å²) in [6.45, 7) is 6.25. The van der Waals surface area contributed by atoms with Crippen LogP contribution in [0, 0.1) is 11.8 Å². The molecule has 6 nitrogen and oxygen atoms in total. The van der Waals surface area contributed by atoms with Gasteiger partial charge in [0.15, 0.2) is 0 Å². The summed E-state index contributed by atoms with van der Waals surface area (Å²) in [5, 5.41) is 2.76. The number of likely N-dealkylation sites (tertiary alicyclic amines) is 1. The third kappa shape index (κ3) is 7.36. The Labute approximate surface area is 227 Å². The summed E-state index contributed by atoms with van der Waals surface area (Å²) in [4.78, 5) is 32.9. The minimum Gasteiger partial charge on any atom is -0.355 e. The van der Waals surface area contributed by atoms with Crippen molar-refractivity contribution in [3.63, 3.8) is 0 Å². The van der Waals surface area contributed by atoms with Gasteiger partial charge in [-0.05, 0) is 74.1 Å². The number of piperidine rings is 1. The molecule has 1 aromatic rings. The van der Waals surface area contributed by atoms with Crippen LogP contribution in [0.1, 0.15) is 50.3 Å². The average Bonchev–Trinajstić information content (AvgIpc) is 3.16. The molecule has 0 radical (unpaired) electrons. The largest absolute Gasteiger partial charge is 0.416 e. The maximum Gasteiger partial charge on any atom is 0.416 e. The van der Waals surface area contributed by atoms with Gasteiger partial charge in [0.05, 0.1) is 16.0 Å². The number of amides is 2. The molecule has 1 atom stereocenters. The summed E-state index contributed by atoms with van der Waals surface area (Å²) >= 11 is 0.952. The molecule has 0 unspecified atom stereocenters. The number of halogens is 6. The normalized spacial score (nSPS) is 20.4. The zero-order valence-electron chi connectivity index (χ0n) is 22.3. The Balaban J connectivity index is 1.71. The fraction of sp³-hybridized carbons (Fsp3) is 0.577. The molecule has 0 aromatic heterocycles. The van der Waals surface area contributed by atoms with E-state index in [1.54, 1.807) is 25.9 Å². The van der Waals surface area contributed by atoms with Gasteiger partial charge in [0.2, 0.25) is 5.91 Å². The third-order valence-electron chi connectivity index (χ3n) is 7.17. The highest BCUT2D eigenvalue weighted by molar-refractivity contribution is 8.18. The van der Waals surface area contributed by atoms with Crippen LogP contribution in [0.2, 0.25) is 0 Å². The number of nitrogens with one attached hydrogen (secondary N) is 1. The van der Waals surface area contributed by atoms with E-state index in [0.29, 0.717) is 42.7 Å². The molecular formula is C26H32F6N4O2S. The third-order valence-corrected chi connectivity index (χ3v) is 7.99. The van der Waals surface area contributed by atoms with Crippen LogP contribution in [0.25, 0.3) is 0 Å². The van der Waals surface area contributed by atoms with Crippen molar-refractivity contribution < 1.29 is 35.9 Å². The van der Waals surface area contributed by atoms with Crippen LogP contribution in [-0.2, 0) is 23.7 Å². The summed E-state index contributed by atoms with van der Waals surface area (Å²) in [5.74, 6) is 0.0374. The molecule has 1 N–H and O–H groups in total. The van der Waals surface area contributed by atoms with E-state index in [-0.39, 0.29) is 35.9 Å². The van der Waals surface area contributed by atoms with E-state index in [0.717, 1.165) is 17.8 Å². The number of thioether (sulfide) groups is 1. The highest BCUT2D eigenvalue weighted by atomic mass is 32.2. The second-order valence-electron chi connectivity index (χ2n) is 10.5. The molecule has 0 bridgehead atoms. The molecule has 1 saturated heterocycles. The van der Waals surface area contributed by atoms with Gasteiger partial charge in [-0.1, -0.05) is 26.0 Å². The van der Waals surface area contributed by atoms with Gasteiger partial charge in [-0.15, -0.1) is 0 Å². The lowest BCUT2D eigenvalue weighted by Gasteiger charge is -2.36. The summed E-state index contributed by atoms with van der Waals surface area (Å²) < 4.78 is 79.5. The van der Waals surface area contributed by atoms with Crippen LogP contribution in [0.15, 0.2) is 34.2 Å². The first-order chi connectivity index (χ1) is 17.9. The van der Waals surface area contributed by atoms with E-state index in [4.69, 9.17) is 0 Å². The van der Waals surface area contributed by atoms with Gasteiger partial charge < -0.3 is 10.2 Å². The van der Waals surface area contributed by atoms with Gasteiger partial charge in [0.25, 0.3) is 0 Å². The molecule has 0 spiro atoms. The van der Waals surface area contributed by atoms with E-state index in [2.05, 4.69) is 10.3 Å². The van der Waals surface area contributed by atoms with Crippen LogP contribution < -0.4 is 5.32 Å². The van der Waals surface area contributed by atoms with E-state index < -0.39 is 34.3 Å². The summed E-state index contributed by atoms with van der Waals surface area (Å²) in [6.07, 6.45) is -6.73. The molecule has 2 aliphatic rings. The van der Waals surface area contributed by atoms with Crippen molar-refractivity contribution >= 4 is 28.7 Å². The Bertz CT molecular complexity index is 1150. The minimum atomic E-state index is -4.91. The second-order valence-corrected chi connectivity index (χ2v) is 11.5. The highest BCUT2D eigenvalue weighted by Gasteiger charge is 2.41. The second kappa shape index (κ2) is 11.5. The Morgan fingerprint density at radius 1 is 1.15 bits per heavy atom. The molecule has 1 aromatic carbocycles. The number of nitrogens with zero attached hydrogens (tertiary/aromatic N) is 3. The zero-order chi connectivity index (χ0) is 29.3. The number of carbonyl (C=O) groups is 2. The molecule has 39 heavy (non-hydrogen) atoms. The Hall–Kier alpha value is -2.54. The topological polar surface area (TPSA) is 65.0 Å². The Kier molecular flexibility index (Phi) is 9.15. The van der Waals surface area contributed by atoms with Crippen LogP contribution >= 0.6 is 11.8 Å². The van der Waals surface area contributed by atoms with Crippen molar-refractivity contribution in [2.45, 2.75) is 58.0 Å². The predicted octanol–water partition coefficient (Wildman–Crippen LogP) is 6.18. The van der Waals surface area contributed by atoms with Gasteiger partial charge in [-0.2, -0.15) is 31.3 Å². The number of amidine groups is 1. The summed E-state index contributed by atoms with van der Waals surface area (Å²) in [6, 6.07) is 1.74. The lowest BCUT2D eigenvalue weighted by molar-refractivity contribution is -0.143. The first kappa shape index (κ1) is 31.0. The molecule has 2 aliphatic heterocycles. The van der Waals surface area contributed by atoms with E-state index in [9.17, 15) is 35.9 Å². The number of aliphatic imine (C=N–C) groups is 1. The predicted molar refractivity (Wildman–Crippen MR) is 138 cm³/mol. The number of carbonyl (C=O) groups excluding carboxylic acids is 2. The van der Waals surface area contributed by atoms with E-state index >= 15 is 0 Å². The fourth-order valence-electron chi connectivity index (χ4n) is 4.56. The zero-order valence-corrected chi connectivity index (χ0v) is 23.2. The minimum absolute atomic E-state index is 0.00574. The smallest absolute Gasteiger partial charge is 0.355 e. The Morgan fingerprint density at radius 3 is 2.28 bits per heavy atom. The molecule has 216 valence electrons. The molecule has 0 saturated carbocycles. The SMILES string of the molecule is CC(C)[C@](C)(NC1=NC(=O)S/C1=C\C1CCN(Cc2ccc(C(F)(F)F)cc2C(F)(F)F)CC1)C(=O)N(C)C. The number of alkyl halides is 6. The lowest BCUT2D eigenvalue weighted by Crippen LogP contribution is -2.59. The first-order valence-electron chi connectivity index (χ1n) is 12.4. The molecule has 0 aliphatic carbocycles. The molecule has 2 heterocycles. The van der Waals surface area contributed by atoms with E-state index in [1.165, 1.54) is 4.90 Å². The van der Waals surface area contributed by atoms with Crippen LogP contribution in [-0.4, -0.2) is 59.5 Å². The molecular weight excluding hydrogens is 546 g/mol. The summed E-state index contributed by atoms with van der Waals surface area (Å²) in [5.41, 5.74) is -3.83. The first-order valence-corrected chi connectivity index (χ1v) is 13.3. The van der Waals surface area contributed by atoms with Crippen LogP contribution in [0.5, 0.6) is 0 Å². The number of hydrogen-bond acceptors (Lipinski definition) is 5. The number of benzene rings is 1. The quantitative estimate of drug-likeness (QED) is 0.409. The lowest BCUT2D eigenvalue weighted by atomic mass is 9.86. The highest BCUT2D eigenvalue weighted by Crippen LogP contribution is 2.38. The van der Waals surface area contributed by atoms with Crippen molar-refractivity contribution in [2.24, 2.45) is 16.8 Å². The van der Waals surface area contributed by atoms with E-state index in [1.807, 2.05) is 19.9 Å². The average molecular weight is 579 g/mol. The molecule has 13 heteroatoms. The van der Waals surface area contributed by atoms with Crippen molar-refractivity contribution in [1.82, 2.24) is 15.1 Å².